The molecule has 0 saturated carbocycles. The van der Waals surface area contributed by atoms with Gasteiger partial charge in [0.15, 0.2) is 0 Å². The van der Waals surface area contributed by atoms with Crippen molar-refractivity contribution in [3.63, 3.8) is 0 Å². The summed E-state index contributed by atoms with van der Waals surface area (Å²) >= 11 is 1.28. The van der Waals surface area contributed by atoms with Gasteiger partial charge in [0, 0.05) is 0 Å². The number of aromatic amines is 1. The molecule has 1 aromatic rings. The minimum atomic E-state index is -0.144. The Morgan fingerprint density at radius 1 is 1.80 bits per heavy atom. The molecule has 0 spiro atoms. The van der Waals surface area contributed by atoms with E-state index in [1.807, 2.05) is 0 Å². The number of hydrogen-bond acceptors (Lipinski definition) is 3. The molecule has 1 heterocycles. The first-order chi connectivity index (χ1) is 4.83. The Kier molecular flexibility index (Phi) is 2.51. The van der Waals surface area contributed by atoms with E-state index in [-0.39, 0.29) is 5.56 Å². The van der Waals surface area contributed by atoms with E-state index in [9.17, 15) is 4.79 Å². The monoisotopic (exact) mass is 307 g/mol. The molecule has 0 amide bonds. The van der Waals surface area contributed by atoms with Crippen molar-refractivity contribution in [3.8, 4) is 0 Å². The summed E-state index contributed by atoms with van der Waals surface area (Å²) in [6.45, 7) is 0. The topological polar surface area (TPSA) is 57.8 Å². The van der Waals surface area contributed by atoms with Gasteiger partial charge in [-0.3, -0.25) is 0 Å². The van der Waals surface area contributed by atoms with Crippen LogP contribution in [0.3, 0.4) is 0 Å². The molecule has 0 saturated heterocycles. The molecule has 0 fully saturated rings. The van der Waals surface area contributed by atoms with Crippen molar-refractivity contribution in [2.75, 3.05) is 5.32 Å². The Balaban J connectivity index is 2.95. The number of hydrogen-bond donors (Lipinski definition) is 2. The van der Waals surface area contributed by atoms with Gasteiger partial charge in [0.1, 0.15) is 0 Å². The molecule has 0 atom stereocenters. The van der Waals surface area contributed by atoms with E-state index in [2.05, 4.69) is 15.3 Å². The summed E-state index contributed by atoms with van der Waals surface area (Å²) in [5.41, 5.74) is -0.144. The van der Waals surface area contributed by atoms with E-state index in [1.165, 1.54) is 31.6 Å². The summed E-state index contributed by atoms with van der Waals surface area (Å²) in [4.78, 5) is 17.0. The standard InChI is InChI=1S/C5H5N3O.W/c1-6-5-7-3-2-4(9)8-5;/h1-3H,(H2,6,7,8,9);. The van der Waals surface area contributed by atoms with Crippen LogP contribution in [0.5, 0.6) is 0 Å². The summed E-state index contributed by atoms with van der Waals surface area (Å²) in [6.07, 6.45) is 1.46. The van der Waals surface area contributed by atoms with E-state index in [0.29, 0.717) is 5.95 Å². The number of rotatable bonds is 2. The maximum absolute atomic E-state index is 10.6. The molecular formula is C5H5N3OW. The number of anilines is 1. The molecule has 0 aliphatic carbocycles. The summed E-state index contributed by atoms with van der Waals surface area (Å²) in [6, 6.07) is 1.37. The zero-order valence-electron chi connectivity index (χ0n) is 5.00. The molecule has 0 unspecified atom stereocenters. The minimum absolute atomic E-state index is 0.144. The normalized spacial score (nSPS) is 8.80. The predicted octanol–water partition coefficient (Wildman–Crippen LogP) is -0.512. The van der Waals surface area contributed by atoms with Crippen LogP contribution in [0.15, 0.2) is 17.1 Å². The average Bonchev–Trinajstić information content (AvgIpc) is 1.88. The number of H-pyrrole nitrogens is 1. The molecule has 10 heavy (non-hydrogen) atoms. The van der Waals surface area contributed by atoms with Crippen LogP contribution in [0, 0.1) is 0 Å². The van der Waals surface area contributed by atoms with E-state index in [0.717, 1.165) is 0 Å². The van der Waals surface area contributed by atoms with Crippen molar-refractivity contribution in [1.82, 2.24) is 9.97 Å². The summed E-state index contributed by atoms with van der Waals surface area (Å²) in [5.74, 6) is 0.488. The third kappa shape index (κ3) is 1.88. The van der Waals surface area contributed by atoms with E-state index in [1.54, 1.807) is 4.52 Å². The van der Waals surface area contributed by atoms with Crippen molar-refractivity contribution < 1.29 is 19.4 Å². The van der Waals surface area contributed by atoms with Gasteiger partial charge < -0.3 is 0 Å². The van der Waals surface area contributed by atoms with Crippen LogP contribution in [0.2, 0.25) is 0 Å². The Morgan fingerprint density at radius 3 is 3.20 bits per heavy atom. The van der Waals surface area contributed by atoms with Gasteiger partial charge in [-0.2, -0.15) is 0 Å². The van der Waals surface area contributed by atoms with Gasteiger partial charge in [-0.15, -0.1) is 0 Å². The summed E-state index contributed by atoms with van der Waals surface area (Å²) < 4.78 is 1.78. The van der Waals surface area contributed by atoms with Crippen LogP contribution in [-0.4, -0.2) is 14.5 Å². The van der Waals surface area contributed by atoms with Gasteiger partial charge in [0.05, 0.1) is 0 Å². The van der Waals surface area contributed by atoms with Crippen LogP contribution in [-0.2, 0) is 19.4 Å². The van der Waals surface area contributed by atoms with Crippen LogP contribution < -0.4 is 10.9 Å². The van der Waals surface area contributed by atoms with Crippen molar-refractivity contribution in [2.24, 2.45) is 0 Å². The quantitative estimate of drug-likeness (QED) is 0.774. The van der Waals surface area contributed by atoms with E-state index in [4.69, 9.17) is 0 Å². The Bertz CT molecular complexity index is 282. The van der Waals surface area contributed by atoms with Gasteiger partial charge in [-0.25, -0.2) is 0 Å². The third-order valence-corrected chi connectivity index (χ3v) is 1.29. The molecule has 0 aliphatic rings. The second-order valence-corrected chi connectivity index (χ2v) is 2.39. The van der Waals surface area contributed by atoms with Gasteiger partial charge >= 0.3 is 67.7 Å². The first kappa shape index (κ1) is 7.35. The fourth-order valence-electron chi connectivity index (χ4n) is 0.499. The third-order valence-electron chi connectivity index (χ3n) is 0.867. The van der Waals surface area contributed by atoms with Crippen molar-refractivity contribution in [2.45, 2.75) is 0 Å². The molecule has 0 aliphatic heterocycles. The molecule has 1 rings (SSSR count). The second kappa shape index (κ2) is 3.42. The molecular weight excluding hydrogens is 302 g/mol. The number of nitrogens with zero attached hydrogens (tertiary/aromatic N) is 1. The molecule has 5 heteroatoms. The maximum atomic E-state index is 10.6. The van der Waals surface area contributed by atoms with E-state index >= 15 is 0 Å². The van der Waals surface area contributed by atoms with Crippen LogP contribution in [0.4, 0.5) is 5.95 Å². The predicted molar refractivity (Wildman–Crippen MR) is 34.5 cm³/mol. The van der Waals surface area contributed by atoms with Gasteiger partial charge in [0.25, 0.3) is 0 Å². The fraction of sp³-hybridized carbons (Fsp3) is 0. The van der Waals surface area contributed by atoms with E-state index < -0.39 is 0 Å². The zero-order chi connectivity index (χ0) is 7.40. The Hall–Kier alpha value is -0.762. The Morgan fingerprint density at radius 2 is 2.60 bits per heavy atom. The average molecular weight is 307 g/mol. The molecule has 4 nitrogen and oxygen atoms in total. The molecule has 2 N–H and O–H groups in total. The van der Waals surface area contributed by atoms with Crippen LogP contribution >= 0.6 is 0 Å². The summed E-state index contributed by atoms with van der Waals surface area (Å²) in [5, 5.41) is 2.79. The molecule has 0 aromatic carbocycles. The van der Waals surface area contributed by atoms with Crippen molar-refractivity contribution in [1.29, 1.82) is 0 Å². The van der Waals surface area contributed by atoms with Gasteiger partial charge in [-0.1, -0.05) is 0 Å². The molecule has 1 aromatic heterocycles. The van der Waals surface area contributed by atoms with Gasteiger partial charge in [0.2, 0.25) is 0 Å². The van der Waals surface area contributed by atoms with Crippen molar-refractivity contribution in [3.05, 3.63) is 22.6 Å². The molecule has 0 bridgehead atoms. The molecule has 0 radical (unpaired) electrons. The fourth-order valence-corrected chi connectivity index (χ4v) is 0.900. The van der Waals surface area contributed by atoms with Crippen LogP contribution in [0.1, 0.15) is 0 Å². The SMILES string of the molecule is O=c1ccnc(N[CH]=[W])[nH]1. The first-order valence-corrected chi connectivity index (χ1v) is 4.28. The Labute approximate surface area is 68.1 Å². The second-order valence-electron chi connectivity index (χ2n) is 1.54. The molecule has 52 valence electrons. The first-order valence-electron chi connectivity index (χ1n) is 2.58. The zero-order valence-corrected chi connectivity index (χ0v) is 7.93. The van der Waals surface area contributed by atoms with Crippen LogP contribution in [0.25, 0.3) is 0 Å². The van der Waals surface area contributed by atoms with Crippen molar-refractivity contribution >= 4 is 10.5 Å². The van der Waals surface area contributed by atoms with Gasteiger partial charge in [-0.05, 0) is 0 Å². The number of nitrogens with one attached hydrogen (secondary N) is 2. The summed E-state index contributed by atoms with van der Waals surface area (Å²) in [7, 11) is 0. The number of aromatic nitrogens is 2.